The zero-order chi connectivity index (χ0) is 21.4. The average Bonchev–Trinajstić information content (AvgIpc) is 3.20. The van der Waals surface area contributed by atoms with E-state index < -0.39 is 0 Å². The Morgan fingerprint density at radius 1 is 0.933 bits per heavy atom. The van der Waals surface area contributed by atoms with E-state index in [0.717, 1.165) is 30.9 Å². The Hall–Kier alpha value is -2.23. The zero-order valence-corrected chi connectivity index (χ0v) is 18.8. The minimum absolute atomic E-state index is 0.130. The van der Waals surface area contributed by atoms with Crippen molar-refractivity contribution in [2.45, 2.75) is 78.1 Å². The number of nitrogens with one attached hydrogen (secondary N) is 1. The van der Waals surface area contributed by atoms with Crippen molar-refractivity contribution < 1.29 is 14.3 Å². The van der Waals surface area contributed by atoms with Gasteiger partial charge in [-0.15, -0.1) is 0 Å². The molecule has 1 aliphatic rings. The highest BCUT2D eigenvalue weighted by atomic mass is 16.7. The second kappa shape index (κ2) is 14.7. The van der Waals surface area contributed by atoms with E-state index in [2.05, 4.69) is 43.5 Å². The van der Waals surface area contributed by atoms with Crippen LogP contribution in [0.5, 0.6) is 11.5 Å². The maximum absolute atomic E-state index is 11.6. The van der Waals surface area contributed by atoms with Gasteiger partial charge in [0.1, 0.15) is 0 Å². The molecule has 0 aromatic heterocycles. The van der Waals surface area contributed by atoms with Crippen molar-refractivity contribution >= 4 is 12.0 Å². The lowest BCUT2D eigenvalue weighted by Crippen LogP contribution is -2.26. The molecule has 0 bridgehead atoms. The highest BCUT2D eigenvalue weighted by Gasteiger charge is 2.11. The molecular formula is C26H39NO3. The van der Waals surface area contributed by atoms with Crippen molar-refractivity contribution in [2.75, 3.05) is 13.3 Å². The van der Waals surface area contributed by atoms with Gasteiger partial charge in [-0.1, -0.05) is 76.3 Å². The molecule has 0 spiro atoms. The second-order valence-electron chi connectivity index (χ2n) is 8.44. The van der Waals surface area contributed by atoms with E-state index in [9.17, 15) is 4.79 Å². The maximum Gasteiger partial charge on any atom is 0.231 e. The molecule has 1 aromatic rings. The standard InChI is InChI=1S/C26H39NO3/c1-22(2)20-27-26(28)16-14-12-10-8-6-4-3-5-7-9-11-13-15-23-17-18-24-25(19-23)30-21-29-24/h12-15,17-19,22H,3-11,16,20-21H2,1-2H3,(H,27,28)/b14-12+,15-13+. The van der Waals surface area contributed by atoms with E-state index in [-0.39, 0.29) is 5.91 Å². The Kier molecular flexibility index (Phi) is 11.8. The number of ether oxygens (including phenoxy) is 2. The molecule has 1 heterocycles. The molecule has 0 radical (unpaired) electrons. The van der Waals surface area contributed by atoms with E-state index in [0.29, 0.717) is 19.1 Å². The van der Waals surface area contributed by atoms with Gasteiger partial charge in [-0.25, -0.2) is 0 Å². The van der Waals surface area contributed by atoms with Crippen LogP contribution in [0.3, 0.4) is 0 Å². The molecule has 1 amide bonds. The molecular weight excluding hydrogens is 374 g/mol. The van der Waals surface area contributed by atoms with Crippen LogP contribution in [0, 0.1) is 5.92 Å². The number of rotatable bonds is 15. The molecule has 2 rings (SSSR count). The van der Waals surface area contributed by atoms with Crippen LogP contribution in [0.2, 0.25) is 0 Å². The molecule has 30 heavy (non-hydrogen) atoms. The summed E-state index contributed by atoms with van der Waals surface area (Å²) in [6.07, 6.45) is 20.3. The Morgan fingerprint density at radius 2 is 1.60 bits per heavy atom. The Balaban J connectivity index is 1.37. The highest BCUT2D eigenvalue weighted by Crippen LogP contribution is 2.32. The molecule has 4 nitrogen and oxygen atoms in total. The molecule has 0 saturated heterocycles. The van der Waals surface area contributed by atoms with Crippen LogP contribution in [0.4, 0.5) is 0 Å². The molecule has 0 saturated carbocycles. The van der Waals surface area contributed by atoms with Gasteiger partial charge in [0.05, 0.1) is 0 Å². The normalized spacial score (nSPS) is 13.0. The SMILES string of the molecule is CC(C)CNC(=O)C/C=C/CCCCCCCCC/C=C/c1ccc2c(c1)OCO2. The third-order valence-electron chi connectivity index (χ3n) is 5.13. The molecule has 1 N–H and O–H groups in total. The molecule has 0 unspecified atom stereocenters. The fourth-order valence-electron chi connectivity index (χ4n) is 3.34. The predicted octanol–water partition coefficient (Wildman–Crippen LogP) is 6.66. The fourth-order valence-corrected chi connectivity index (χ4v) is 3.34. The summed E-state index contributed by atoms with van der Waals surface area (Å²) in [5.41, 5.74) is 1.17. The van der Waals surface area contributed by atoms with E-state index in [1.165, 1.54) is 50.5 Å². The number of fused-ring (bicyclic) bond motifs is 1. The number of carbonyl (C=O) groups excluding carboxylic acids is 1. The molecule has 0 fully saturated rings. The summed E-state index contributed by atoms with van der Waals surface area (Å²) < 4.78 is 10.7. The monoisotopic (exact) mass is 413 g/mol. The van der Waals surface area contributed by atoms with Crippen LogP contribution in [-0.2, 0) is 4.79 Å². The molecule has 166 valence electrons. The minimum atomic E-state index is 0.130. The first-order chi connectivity index (χ1) is 14.6. The number of hydrogen-bond acceptors (Lipinski definition) is 3. The quantitative estimate of drug-likeness (QED) is 0.258. The van der Waals surface area contributed by atoms with Crippen LogP contribution in [0.1, 0.15) is 83.6 Å². The van der Waals surface area contributed by atoms with Crippen LogP contribution in [0.15, 0.2) is 36.4 Å². The first kappa shape index (κ1) is 24.0. The first-order valence-electron chi connectivity index (χ1n) is 11.6. The molecule has 1 aromatic carbocycles. The Morgan fingerprint density at radius 3 is 2.33 bits per heavy atom. The summed E-state index contributed by atoms with van der Waals surface area (Å²) in [7, 11) is 0. The van der Waals surface area contributed by atoms with Crippen LogP contribution >= 0.6 is 0 Å². The molecule has 0 aliphatic carbocycles. The third-order valence-corrected chi connectivity index (χ3v) is 5.13. The number of allylic oxidation sites excluding steroid dienone is 2. The van der Waals surface area contributed by atoms with Gasteiger partial charge in [0.25, 0.3) is 0 Å². The summed E-state index contributed by atoms with van der Waals surface area (Å²) in [5, 5.41) is 2.94. The Bertz CT molecular complexity index is 679. The lowest BCUT2D eigenvalue weighted by molar-refractivity contribution is -0.120. The largest absolute Gasteiger partial charge is 0.454 e. The van der Waals surface area contributed by atoms with Crippen molar-refractivity contribution in [3.63, 3.8) is 0 Å². The van der Waals surface area contributed by atoms with E-state index in [1.807, 2.05) is 18.2 Å². The third kappa shape index (κ3) is 10.5. The second-order valence-corrected chi connectivity index (χ2v) is 8.44. The van der Waals surface area contributed by atoms with Crippen LogP contribution < -0.4 is 14.8 Å². The molecule has 1 aliphatic heterocycles. The van der Waals surface area contributed by atoms with Crippen molar-refractivity contribution in [1.29, 1.82) is 0 Å². The van der Waals surface area contributed by atoms with Gasteiger partial charge in [-0.05, 0) is 49.3 Å². The lowest BCUT2D eigenvalue weighted by atomic mass is 10.1. The van der Waals surface area contributed by atoms with Gasteiger partial charge in [0, 0.05) is 13.0 Å². The van der Waals surface area contributed by atoms with Gasteiger partial charge in [-0.3, -0.25) is 4.79 Å². The first-order valence-corrected chi connectivity index (χ1v) is 11.6. The summed E-state index contributed by atoms with van der Waals surface area (Å²) in [4.78, 5) is 11.6. The summed E-state index contributed by atoms with van der Waals surface area (Å²) >= 11 is 0. The highest BCUT2D eigenvalue weighted by molar-refractivity contribution is 5.77. The van der Waals surface area contributed by atoms with Gasteiger partial charge in [-0.2, -0.15) is 0 Å². The zero-order valence-electron chi connectivity index (χ0n) is 18.8. The number of hydrogen-bond donors (Lipinski definition) is 1. The fraction of sp³-hybridized carbons (Fsp3) is 0.577. The predicted molar refractivity (Wildman–Crippen MR) is 125 cm³/mol. The average molecular weight is 414 g/mol. The van der Waals surface area contributed by atoms with Crippen LogP contribution in [-0.4, -0.2) is 19.2 Å². The van der Waals surface area contributed by atoms with E-state index in [1.54, 1.807) is 0 Å². The molecule has 4 heteroatoms. The summed E-state index contributed by atoms with van der Waals surface area (Å²) in [6, 6.07) is 6.08. The smallest absolute Gasteiger partial charge is 0.231 e. The van der Waals surface area contributed by atoms with Crippen molar-refractivity contribution in [3.8, 4) is 11.5 Å². The number of benzene rings is 1. The summed E-state index contributed by atoms with van der Waals surface area (Å²) in [5.74, 6) is 2.33. The summed E-state index contributed by atoms with van der Waals surface area (Å²) in [6.45, 7) is 5.31. The van der Waals surface area contributed by atoms with E-state index in [4.69, 9.17) is 9.47 Å². The van der Waals surface area contributed by atoms with Crippen molar-refractivity contribution in [3.05, 3.63) is 42.0 Å². The minimum Gasteiger partial charge on any atom is -0.454 e. The van der Waals surface area contributed by atoms with Crippen molar-refractivity contribution in [2.24, 2.45) is 5.92 Å². The van der Waals surface area contributed by atoms with Crippen molar-refractivity contribution in [1.82, 2.24) is 5.32 Å². The molecule has 0 atom stereocenters. The van der Waals surface area contributed by atoms with Gasteiger partial charge in [0.2, 0.25) is 12.7 Å². The number of amides is 1. The number of unbranched alkanes of at least 4 members (excludes halogenated alkanes) is 8. The van der Waals surface area contributed by atoms with Gasteiger partial charge in [0.15, 0.2) is 11.5 Å². The number of carbonyl (C=O) groups is 1. The maximum atomic E-state index is 11.6. The van der Waals surface area contributed by atoms with E-state index >= 15 is 0 Å². The topological polar surface area (TPSA) is 47.6 Å². The van der Waals surface area contributed by atoms with Gasteiger partial charge >= 0.3 is 0 Å². The van der Waals surface area contributed by atoms with Gasteiger partial charge < -0.3 is 14.8 Å². The lowest BCUT2D eigenvalue weighted by Gasteiger charge is -2.05. The Labute approximate surface area is 182 Å². The van der Waals surface area contributed by atoms with Crippen LogP contribution in [0.25, 0.3) is 6.08 Å².